The van der Waals surface area contributed by atoms with Crippen LogP contribution in [0.5, 0.6) is 5.75 Å². The van der Waals surface area contributed by atoms with E-state index in [1.54, 1.807) is 13.1 Å². The molecule has 0 aliphatic heterocycles. The first-order valence-corrected chi connectivity index (χ1v) is 5.45. The minimum absolute atomic E-state index is 0.113. The first-order chi connectivity index (χ1) is 7.74. The van der Waals surface area contributed by atoms with Crippen molar-refractivity contribution in [2.45, 2.75) is 18.9 Å². The van der Waals surface area contributed by atoms with Crippen LogP contribution in [0.1, 0.15) is 23.2 Å². The fourth-order valence-corrected chi connectivity index (χ4v) is 1.46. The van der Waals surface area contributed by atoms with Crippen LogP contribution in [0.15, 0.2) is 18.2 Å². The van der Waals surface area contributed by atoms with Crippen molar-refractivity contribution in [3.63, 3.8) is 0 Å². The van der Waals surface area contributed by atoms with Gasteiger partial charge in [0.15, 0.2) is 0 Å². The van der Waals surface area contributed by atoms with Crippen LogP contribution >= 0.6 is 0 Å². The van der Waals surface area contributed by atoms with Crippen molar-refractivity contribution in [2.75, 3.05) is 19.4 Å². The molecule has 0 saturated heterocycles. The van der Waals surface area contributed by atoms with Gasteiger partial charge in [-0.3, -0.25) is 4.79 Å². The van der Waals surface area contributed by atoms with Crippen molar-refractivity contribution in [3.05, 3.63) is 23.8 Å². The summed E-state index contributed by atoms with van der Waals surface area (Å²) < 4.78 is 5.72. The molecule has 86 valence electrons. The van der Waals surface area contributed by atoms with Crippen molar-refractivity contribution >= 4 is 11.6 Å². The van der Waals surface area contributed by atoms with E-state index < -0.39 is 0 Å². The minimum atomic E-state index is -0.113. The molecule has 1 saturated carbocycles. The summed E-state index contributed by atoms with van der Waals surface area (Å²) in [6, 6.07) is 5.51. The van der Waals surface area contributed by atoms with Gasteiger partial charge in [-0.15, -0.1) is 0 Å². The molecule has 2 N–H and O–H groups in total. The number of nitrogens with one attached hydrogen (secondary N) is 2. The molecule has 0 unspecified atom stereocenters. The molecule has 1 aliphatic rings. The normalized spacial score (nSPS) is 14.4. The predicted molar refractivity (Wildman–Crippen MR) is 63.0 cm³/mol. The standard InChI is InChI=1S/C12H16N2O2/c1-13-8-3-6-10(12(15)14-2)11(7-8)16-9-4-5-9/h3,6-7,9,13H,4-5H2,1-2H3,(H,14,15). The highest BCUT2D eigenvalue weighted by Crippen LogP contribution is 2.31. The molecule has 1 amide bonds. The maximum Gasteiger partial charge on any atom is 0.254 e. The van der Waals surface area contributed by atoms with Crippen LogP contribution in [-0.2, 0) is 0 Å². The second kappa shape index (κ2) is 4.43. The average Bonchev–Trinajstić information content (AvgIpc) is 3.12. The SMILES string of the molecule is CNC(=O)c1ccc(NC)cc1OC1CC1. The van der Waals surface area contributed by atoms with E-state index in [0.29, 0.717) is 11.3 Å². The van der Waals surface area contributed by atoms with Gasteiger partial charge in [-0.1, -0.05) is 0 Å². The summed E-state index contributed by atoms with van der Waals surface area (Å²) in [7, 11) is 3.46. The van der Waals surface area contributed by atoms with Gasteiger partial charge in [-0.05, 0) is 25.0 Å². The summed E-state index contributed by atoms with van der Waals surface area (Å²) in [5.41, 5.74) is 1.54. The zero-order valence-corrected chi connectivity index (χ0v) is 9.54. The lowest BCUT2D eigenvalue weighted by Crippen LogP contribution is -2.19. The van der Waals surface area contributed by atoms with Crippen LogP contribution in [0.25, 0.3) is 0 Å². The number of anilines is 1. The van der Waals surface area contributed by atoms with Crippen LogP contribution in [-0.4, -0.2) is 26.1 Å². The third-order valence-corrected chi connectivity index (χ3v) is 2.56. The molecule has 1 fully saturated rings. The van der Waals surface area contributed by atoms with E-state index in [2.05, 4.69) is 10.6 Å². The van der Waals surface area contributed by atoms with E-state index >= 15 is 0 Å². The molecule has 4 nitrogen and oxygen atoms in total. The van der Waals surface area contributed by atoms with Gasteiger partial charge >= 0.3 is 0 Å². The molecule has 2 rings (SSSR count). The Morgan fingerprint density at radius 1 is 1.38 bits per heavy atom. The Bertz CT molecular complexity index is 400. The second-order valence-corrected chi connectivity index (χ2v) is 3.86. The van der Waals surface area contributed by atoms with E-state index in [1.165, 1.54) is 0 Å². The Morgan fingerprint density at radius 2 is 2.12 bits per heavy atom. The molecule has 0 spiro atoms. The summed E-state index contributed by atoms with van der Waals surface area (Å²) in [5.74, 6) is 0.548. The summed E-state index contributed by atoms with van der Waals surface area (Å²) in [6.45, 7) is 0. The Labute approximate surface area is 95.0 Å². The second-order valence-electron chi connectivity index (χ2n) is 3.86. The quantitative estimate of drug-likeness (QED) is 0.810. The zero-order chi connectivity index (χ0) is 11.5. The van der Waals surface area contributed by atoms with Gasteiger partial charge in [0.1, 0.15) is 5.75 Å². The van der Waals surface area contributed by atoms with Crippen LogP contribution in [0.4, 0.5) is 5.69 Å². The third kappa shape index (κ3) is 2.27. The predicted octanol–water partition coefficient (Wildman–Crippen LogP) is 1.63. The fourth-order valence-electron chi connectivity index (χ4n) is 1.46. The lowest BCUT2D eigenvalue weighted by molar-refractivity contribution is 0.0958. The van der Waals surface area contributed by atoms with Crippen molar-refractivity contribution < 1.29 is 9.53 Å². The maximum absolute atomic E-state index is 11.6. The van der Waals surface area contributed by atoms with Crippen molar-refractivity contribution in [1.29, 1.82) is 0 Å². The molecular weight excluding hydrogens is 204 g/mol. The maximum atomic E-state index is 11.6. The lowest BCUT2D eigenvalue weighted by atomic mass is 10.1. The number of carbonyl (C=O) groups is 1. The third-order valence-electron chi connectivity index (χ3n) is 2.56. The molecule has 1 aromatic rings. The minimum Gasteiger partial charge on any atom is -0.490 e. The smallest absolute Gasteiger partial charge is 0.254 e. The first kappa shape index (κ1) is 10.8. The van der Waals surface area contributed by atoms with Gasteiger partial charge in [-0.2, -0.15) is 0 Å². The van der Waals surface area contributed by atoms with Crippen LogP contribution in [0, 0.1) is 0 Å². The summed E-state index contributed by atoms with van der Waals surface area (Å²) in [5, 5.41) is 5.65. The monoisotopic (exact) mass is 220 g/mol. The molecule has 0 heterocycles. The van der Waals surface area contributed by atoms with E-state index in [1.807, 2.05) is 19.2 Å². The van der Waals surface area contributed by atoms with Crippen LogP contribution < -0.4 is 15.4 Å². The highest BCUT2D eigenvalue weighted by molar-refractivity contribution is 5.97. The number of hydrogen-bond donors (Lipinski definition) is 2. The molecule has 0 radical (unpaired) electrons. The van der Waals surface area contributed by atoms with E-state index in [9.17, 15) is 4.79 Å². The highest BCUT2D eigenvalue weighted by atomic mass is 16.5. The lowest BCUT2D eigenvalue weighted by Gasteiger charge is -2.11. The van der Waals surface area contributed by atoms with Gasteiger partial charge in [-0.25, -0.2) is 0 Å². The Balaban J connectivity index is 2.29. The number of carbonyl (C=O) groups excluding carboxylic acids is 1. The van der Waals surface area contributed by atoms with Crippen LogP contribution in [0.2, 0.25) is 0 Å². The van der Waals surface area contributed by atoms with Crippen molar-refractivity contribution in [3.8, 4) is 5.75 Å². The molecule has 0 atom stereocenters. The first-order valence-electron chi connectivity index (χ1n) is 5.45. The average molecular weight is 220 g/mol. The molecule has 0 bridgehead atoms. The van der Waals surface area contributed by atoms with E-state index in [0.717, 1.165) is 18.5 Å². The number of benzene rings is 1. The van der Waals surface area contributed by atoms with Gasteiger partial charge in [0.2, 0.25) is 0 Å². The van der Waals surface area contributed by atoms with Gasteiger partial charge in [0, 0.05) is 25.8 Å². The summed E-state index contributed by atoms with van der Waals surface area (Å²) in [4.78, 5) is 11.6. The molecule has 1 aliphatic carbocycles. The van der Waals surface area contributed by atoms with Gasteiger partial charge in [0.25, 0.3) is 5.91 Å². The topological polar surface area (TPSA) is 50.4 Å². The molecule has 4 heteroatoms. The van der Waals surface area contributed by atoms with E-state index in [4.69, 9.17) is 4.74 Å². The molecule has 16 heavy (non-hydrogen) atoms. The Kier molecular flexibility index (Phi) is 2.99. The largest absolute Gasteiger partial charge is 0.490 e. The molecule has 1 aromatic carbocycles. The van der Waals surface area contributed by atoms with E-state index in [-0.39, 0.29) is 12.0 Å². The zero-order valence-electron chi connectivity index (χ0n) is 9.54. The van der Waals surface area contributed by atoms with Crippen molar-refractivity contribution in [2.24, 2.45) is 0 Å². The number of amides is 1. The van der Waals surface area contributed by atoms with Crippen molar-refractivity contribution in [1.82, 2.24) is 5.32 Å². The Morgan fingerprint density at radius 3 is 2.69 bits per heavy atom. The number of rotatable bonds is 4. The van der Waals surface area contributed by atoms with Crippen LogP contribution in [0.3, 0.4) is 0 Å². The highest BCUT2D eigenvalue weighted by Gasteiger charge is 2.25. The van der Waals surface area contributed by atoms with Gasteiger partial charge < -0.3 is 15.4 Å². The summed E-state index contributed by atoms with van der Waals surface area (Å²) in [6.07, 6.45) is 2.45. The molecule has 0 aromatic heterocycles. The Hall–Kier alpha value is -1.71. The number of ether oxygens (including phenoxy) is 1. The molecular formula is C12H16N2O2. The fraction of sp³-hybridized carbons (Fsp3) is 0.417. The number of hydrogen-bond acceptors (Lipinski definition) is 3. The summed E-state index contributed by atoms with van der Waals surface area (Å²) >= 11 is 0. The van der Waals surface area contributed by atoms with Gasteiger partial charge in [0.05, 0.1) is 11.7 Å².